The lowest BCUT2D eigenvalue weighted by atomic mass is 10.5. The van der Waals surface area contributed by atoms with Crippen molar-refractivity contribution in [2.45, 2.75) is 0 Å². The van der Waals surface area contributed by atoms with Gasteiger partial charge in [0.2, 0.25) is 0 Å². The Balaban J connectivity index is 3.34. The van der Waals surface area contributed by atoms with Crippen LogP contribution in [0.25, 0.3) is 0 Å². The number of hydrogen-bond acceptors (Lipinski definition) is 2. The zero-order valence-electron chi connectivity index (χ0n) is 4.41. The molecule has 48 valence electrons. The standard InChI is InChI=1S/C5H4ClNOS/c6-4-1-2-5(9)7(8)3-4/h1-3,8H. The number of hydrogen-bond donors (Lipinski definition) is 1. The highest BCUT2D eigenvalue weighted by Crippen LogP contribution is 2.05. The van der Waals surface area contributed by atoms with Crippen molar-refractivity contribution < 1.29 is 5.21 Å². The van der Waals surface area contributed by atoms with Crippen LogP contribution in [0.3, 0.4) is 0 Å². The third-order valence-corrected chi connectivity index (χ3v) is 1.40. The van der Waals surface area contributed by atoms with Gasteiger partial charge in [0, 0.05) is 0 Å². The van der Waals surface area contributed by atoms with Crippen LogP contribution in [0.15, 0.2) is 18.3 Å². The Labute approximate surface area is 62.3 Å². The maximum atomic E-state index is 8.83. The SMILES string of the molecule is On1cc(Cl)ccc1=S. The molecule has 1 aromatic heterocycles. The maximum absolute atomic E-state index is 8.83. The molecule has 1 aromatic rings. The molecule has 0 atom stereocenters. The average Bonchev–Trinajstić information content (AvgIpc) is 1.80. The Morgan fingerprint density at radius 1 is 1.56 bits per heavy atom. The summed E-state index contributed by atoms with van der Waals surface area (Å²) in [4.78, 5) is 0. The van der Waals surface area contributed by atoms with E-state index in [9.17, 15) is 0 Å². The Kier molecular flexibility index (Phi) is 1.73. The molecule has 0 spiro atoms. The maximum Gasteiger partial charge on any atom is 0.142 e. The third kappa shape index (κ3) is 1.43. The highest BCUT2D eigenvalue weighted by molar-refractivity contribution is 7.71. The van der Waals surface area contributed by atoms with Gasteiger partial charge in [0.05, 0.1) is 11.2 Å². The molecule has 0 bridgehead atoms. The molecule has 4 heteroatoms. The lowest BCUT2D eigenvalue weighted by molar-refractivity contribution is 0.180. The van der Waals surface area contributed by atoms with Gasteiger partial charge in [-0.05, 0) is 12.1 Å². The molecule has 0 amide bonds. The zero-order chi connectivity index (χ0) is 6.85. The monoisotopic (exact) mass is 161 g/mol. The highest BCUT2D eigenvalue weighted by Gasteiger charge is 1.87. The fraction of sp³-hybridized carbons (Fsp3) is 0. The van der Waals surface area contributed by atoms with E-state index in [0.717, 1.165) is 4.73 Å². The average molecular weight is 162 g/mol. The number of aromatic nitrogens is 1. The van der Waals surface area contributed by atoms with Crippen molar-refractivity contribution in [1.29, 1.82) is 0 Å². The number of halogens is 1. The molecule has 0 saturated carbocycles. The van der Waals surface area contributed by atoms with Crippen LogP contribution in [0.4, 0.5) is 0 Å². The van der Waals surface area contributed by atoms with Crippen molar-refractivity contribution >= 4 is 23.8 Å². The summed E-state index contributed by atoms with van der Waals surface area (Å²) < 4.78 is 1.15. The van der Waals surface area contributed by atoms with Crippen LogP contribution in [0.1, 0.15) is 0 Å². The molecule has 1 heterocycles. The molecular formula is C5H4ClNOS. The van der Waals surface area contributed by atoms with Gasteiger partial charge in [-0.2, -0.15) is 4.73 Å². The highest BCUT2D eigenvalue weighted by atomic mass is 35.5. The van der Waals surface area contributed by atoms with Crippen LogP contribution in [0.5, 0.6) is 0 Å². The summed E-state index contributed by atoms with van der Waals surface area (Å²) in [6, 6.07) is 3.17. The van der Waals surface area contributed by atoms with Gasteiger partial charge in [0.25, 0.3) is 0 Å². The Morgan fingerprint density at radius 3 is 2.67 bits per heavy atom. The summed E-state index contributed by atoms with van der Waals surface area (Å²) in [6.45, 7) is 0. The quantitative estimate of drug-likeness (QED) is 0.466. The predicted octanol–water partition coefficient (Wildman–Crippen LogP) is 2.11. The van der Waals surface area contributed by atoms with Crippen molar-refractivity contribution in [1.82, 2.24) is 4.73 Å². The Hall–Kier alpha value is -0.540. The fourth-order valence-electron chi connectivity index (χ4n) is 0.451. The normalized spacial score (nSPS) is 9.44. The van der Waals surface area contributed by atoms with Crippen LogP contribution >= 0.6 is 23.8 Å². The van der Waals surface area contributed by atoms with Crippen LogP contribution in [-0.2, 0) is 0 Å². The molecule has 1 rings (SSSR count). The van der Waals surface area contributed by atoms with E-state index in [0.29, 0.717) is 9.66 Å². The first-order chi connectivity index (χ1) is 4.20. The van der Waals surface area contributed by atoms with Gasteiger partial charge in [-0.1, -0.05) is 23.8 Å². The van der Waals surface area contributed by atoms with Crippen molar-refractivity contribution in [3.05, 3.63) is 28.0 Å². The molecule has 0 aliphatic heterocycles. The fourth-order valence-corrected chi connectivity index (χ4v) is 0.727. The van der Waals surface area contributed by atoms with Crippen molar-refractivity contribution in [3.63, 3.8) is 0 Å². The van der Waals surface area contributed by atoms with Gasteiger partial charge < -0.3 is 5.21 Å². The van der Waals surface area contributed by atoms with E-state index in [1.165, 1.54) is 6.20 Å². The second-order valence-corrected chi connectivity index (χ2v) is 2.38. The lowest BCUT2D eigenvalue weighted by Crippen LogP contribution is -1.90. The first-order valence-electron chi connectivity index (χ1n) is 2.27. The number of nitrogens with zero attached hydrogens (tertiary/aromatic N) is 1. The van der Waals surface area contributed by atoms with E-state index in [2.05, 4.69) is 12.2 Å². The van der Waals surface area contributed by atoms with Crippen molar-refractivity contribution in [2.24, 2.45) is 0 Å². The summed E-state index contributed by atoms with van der Waals surface area (Å²) in [5.74, 6) is 0. The lowest BCUT2D eigenvalue weighted by Gasteiger charge is -1.94. The summed E-state index contributed by atoms with van der Waals surface area (Å²) in [7, 11) is 0. The smallest absolute Gasteiger partial charge is 0.142 e. The molecule has 0 saturated heterocycles. The van der Waals surface area contributed by atoms with Gasteiger partial charge in [0.1, 0.15) is 4.64 Å². The van der Waals surface area contributed by atoms with E-state index in [4.69, 9.17) is 16.8 Å². The van der Waals surface area contributed by atoms with Crippen LogP contribution in [0.2, 0.25) is 5.02 Å². The van der Waals surface area contributed by atoms with E-state index in [1.54, 1.807) is 12.1 Å². The molecule has 0 aromatic carbocycles. The number of rotatable bonds is 0. The molecule has 0 aliphatic rings. The number of pyridine rings is 1. The molecule has 0 aliphatic carbocycles. The third-order valence-electron chi connectivity index (χ3n) is 0.857. The first-order valence-corrected chi connectivity index (χ1v) is 3.06. The minimum Gasteiger partial charge on any atom is -0.428 e. The van der Waals surface area contributed by atoms with Gasteiger partial charge in [-0.25, -0.2) is 0 Å². The second-order valence-electron chi connectivity index (χ2n) is 1.53. The Bertz CT molecular complexity index is 270. The van der Waals surface area contributed by atoms with Crippen LogP contribution in [0, 0.1) is 4.64 Å². The predicted molar refractivity (Wildman–Crippen MR) is 37.5 cm³/mol. The van der Waals surface area contributed by atoms with Gasteiger partial charge in [-0.15, -0.1) is 0 Å². The summed E-state index contributed by atoms with van der Waals surface area (Å²) in [6.07, 6.45) is 1.34. The minimum atomic E-state index is 0.347. The molecule has 0 unspecified atom stereocenters. The molecular weight excluding hydrogens is 158 g/mol. The molecule has 0 fully saturated rings. The van der Waals surface area contributed by atoms with Crippen molar-refractivity contribution in [2.75, 3.05) is 0 Å². The van der Waals surface area contributed by atoms with Gasteiger partial charge in [0.15, 0.2) is 0 Å². The van der Waals surface area contributed by atoms with Gasteiger partial charge in [-0.3, -0.25) is 0 Å². The van der Waals surface area contributed by atoms with E-state index >= 15 is 0 Å². The zero-order valence-corrected chi connectivity index (χ0v) is 5.99. The van der Waals surface area contributed by atoms with Crippen molar-refractivity contribution in [3.8, 4) is 0 Å². The van der Waals surface area contributed by atoms with Crippen LogP contribution < -0.4 is 0 Å². The first kappa shape index (κ1) is 6.58. The Morgan fingerprint density at radius 2 is 2.22 bits per heavy atom. The largest absolute Gasteiger partial charge is 0.428 e. The minimum absolute atomic E-state index is 0.347. The summed E-state index contributed by atoms with van der Waals surface area (Å²) in [5, 5.41) is 9.29. The van der Waals surface area contributed by atoms with E-state index in [1.807, 2.05) is 0 Å². The van der Waals surface area contributed by atoms with E-state index in [-0.39, 0.29) is 0 Å². The molecule has 2 nitrogen and oxygen atoms in total. The summed E-state index contributed by atoms with van der Waals surface area (Å²) >= 11 is 10.2. The topological polar surface area (TPSA) is 25.2 Å². The van der Waals surface area contributed by atoms with Crippen LogP contribution in [-0.4, -0.2) is 9.94 Å². The second kappa shape index (κ2) is 2.37. The molecule has 9 heavy (non-hydrogen) atoms. The molecule has 0 radical (unpaired) electrons. The van der Waals surface area contributed by atoms with Gasteiger partial charge >= 0.3 is 0 Å². The summed E-state index contributed by atoms with van der Waals surface area (Å²) in [5.41, 5.74) is 0. The molecule has 1 N–H and O–H groups in total. The van der Waals surface area contributed by atoms with E-state index < -0.39 is 0 Å².